The van der Waals surface area contributed by atoms with Crippen molar-refractivity contribution < 1.29 is 13.2 Å². The summed E-state index contributed by atoms with van der Waals surface area (Å²) in [6, 6.07) is 2.71. The van der Waals surface area contributed by atoms with Gasteiger partial charge in [0, 0.05) is 3.57 Å². The van der Waals surface area contributed by atoms with Crippen molar-refractivity contribution in [2.24, 2.45) is 5.84 Å². The molecule has 3 N–H and O–H groups in total. The average Bonchev–Trinajstić information content (AvgIpc) is 2.57. The molecule has 1 heterocycles. The molecule has 0 aliphatic rings. The summed E-state index contributed by atoms with van der Waals surface area (Å²) in [5.41, 5.74) is 1.46. The number of halogens is 4. The molecule has 0 fully saturated rings. The van der Waals surface area contributed by atoms with Crippen LogP contribution in [0.25, 0.3) is 10.2 Å². The number of hydrazine groups is 1. The standard InChI is InChI=1S/C8H5F3IN3S/c9-8(10,11)4-1-3(12)2-5-6(4)14-7(15-13)16-5/h1-2H,13H2,(H,14,15). The first-order valence-electron chi connectivity index (χ1n) is 4.05. The molecule has 0 bridgehead atoms. The number of rotatable bonds is 1. The fourth-order valence-electron chi connectivity index (χ4n) is 1.27. The Morgan fingerprint density at radius 1 is 1.38 bits per heavy atom. The minimum atomic E-state index is -4.40. The van der Waals surface area contributed by atoms with Crippen molar-refractivity contribution in [3.8, 4) is 0 Å². The van der Waals surface area contributed by atoms with E-state index in [2.05, 4.69) is 10.4 Å². The Morgan fingerprint density at radius 3 is 2.62 bits per heavy atom. The molecule has 1 aromatic carbocycles. The average molecular weight is 359 g/mol. The summed E-state index contributed by atoms with van der Waals surface area (Å²) in [5.74, 6) is 5.13. The van der Waals surface area contributed by atoms with E-state index in [9.17, 15) is 13.2 Å². The summed E-state index contributed by atoms with van der Waals surface area (Å²) in [5, 5.41) is 0.266. The molecule has 2 rings (SSSR count). The number of aromatic nitrogens is 1. The molecule has 0 saturated heterocycles. The SMILES string of the molecule is NNc1nc2c(C(F)(F)F)cc(I)cc2s1. The number of hydrogen-bond acceptors (Lipinski definition) is 4. The lowest BCUT2D eigenvalue weighted by atomic mass is 10.2. The monoisotopic (exact) mass is 359 g/mol. The lowest BCUT2D eigenvalue weighted by Crippen LogP contribution is -2.07. The fraction of sp³-hybridized carbons (Fsp3) is 0.125. The van der Waals surface area contributed by atoms with E-state index in [1.807, 2.05) is 22.6 Å². The zero-order valence-corrected chi connectivity index (χ0v) is 10.6. The van der Waals surface area contributed by atoms with Gasteiger partial charge < -0.3 is 0 Å². The Bertz CT molecular complexity index is 537. The molecule has 0 unspecified atom stereocenters. The van der Waals surface area contributed by atoms with E-state index in [-0.39, 0.29) is 10.6 Å². The molecule has 0 saturated carbocycles. The zero-order valence-electron chi connectivity index (χ0n) is 7.60. The normalized spacial score (nSPS) is 12.1. The molecule has 1 aromatic heterocycles. The third-order valence-corrected chi connectivity index (χ3v) is 3.44. The number of hydrogen-bond donors (Lipinski definition) is 2. The van der Waals surface area contributed by atoms with E-state index in [4.69, 9.17) is 5.84 Å². The van der Waals surface area contributed by atoms with Crippen LogP contribution in [0.5, 0.6) is 0 Å². The highest BCUT2D eigenvalue weighted by Crippen LogP contribution is 2.38. The molecule has 0 spiro atoms. The van der Waals surface area contributed by atoms with Crippen LogP contribution in [0, 0.1) is 3.57 Å². The maximum absolute atomic E-state index is 12.7. The third kappa shape index (κ3) is 2.09. The van der Waals surface area contributed by atoms with Crippen LogP contribution >= 0.6 is 33.9 Å². The van der Waals surface area contributed by atoms with E-state index >= 15 is 0 Å². The number of anilines is 1. The first-order chi connectivity index (χ1) is 7.41. The highest BCUT2D eigenvalue weighted by molar-refractivity contribution is 14.1. The van der Waals surface area contributed by atoms with Crippen LogP contribution in [0.1, 0.15) is 5.56 Å². The smallest absolute Gasteiger partial charge is 0.300 e. The quantitative estimate of drug-likeness (QED) is 0.467. The number of nitrogens with one attached hydrogen (secondary N) is 1. The predicted octanol–water partition coefficient (Wildman–Crippen LogP) is 3.21. The summed E-state index contributed by atoms with van der Waals surface area (Å²) in [4.78, 5) is 3.80. The van der Waals surface area contributed by atoms with Crippen LogP contribution in [0.4, 0.5) is 18.3 Å². The van der Waals surface area contributed by atoms with E-state index in [1.165, 1.54) is 0 Å². The van der Waals surface area contributed by atoms with Crippen LogP contribution in [0.2, 0.25) is 0 Å². The Kier molecular flexibility index (Phi) is 2.97. The second-order valence-electron chi connectivity index (χ2n) is 2.96. The number of nitrogen functional groups attached to an aromatic ring is 1. The first-order valence-corrected chi connectivity index (χ1v) is 5.95. The second-order valence-corrected chi connectivity index (χ2v) is 5.24. The molecular formula is C8H5F3IN3S. The van der Waals surface area contributed by atoms with Gasteiger partial charge in [0.2, 0.25) is 0 Å². The predicted molar refractivity (Wildman–Crippen MR) is 65.1 cm³/mol. The lowest BCUT2D eigenvalue weighted by molar-refractivity contribution is -0.136. The molecule has 0 radical (unpaired) electrons. The maximum Gasteiger partial charge on any atom is 0.418 e. The molecule has 0 aliphatic heterocycles. The van der Waals surface area contributed by atoms with Crippen LogP contribution in [-0.2, 0) is 6.18 Å². The van der Waals surface area contributed by atoms with Crippen LogP contribution in [0.15, 0.2) is 12.1 Å². The maximum atomic E-state index is 12.7. The number of thiazole rings is 1. The summed E-state index contributed by atoms with van der Waals surface area (Å²) < 4.78 is 39.1. The molecular weight excluding hydrogens is 354 g/mol. The first kappa shape index (κ1) is 11.9. The second kappa shape index (κ2) is 4.00. The van der Waals surface area contributed by atoms with Gasteiger partial charge in [0.25, 0.3) is 0 Å². The Hall–Kier alpha value is -0.610. The van der Waals surface area contributed by atoms with Crippen molar-refractivity contribution in [1.82, 2.24) is 4.98 Å². The topological polar surface area (TPSA) is 50.9 Å². The van der Waals surface area contributed by atoms with Gasteiger partial charge in [-0.25, -0.2) is 10.8 Å². The Labute approximate surface area is 106 Å². The minimum Gasteiger partial charge on any atom is -0.300 e. The van der Waals surface area contributed by atoms with Crippen LogP contribution < -0.4 is 11.3 Å². The molecule has 0 amide bonds. The minimum absolute atomic E-state index is 0.0640. The van der Waals surface area contributed by atoms with Gasteiger partial charge >= 0.3 is 6.18 Å². The van der Waals surface area contributed by atoms with Gasteiger partial charge in [-0.1, -0.05) is 11.3 Å². The van der Waals surface area contributed by atoms with Crippen molar-refractivity contribution in [2.75, 3.05) is 5.43 Å². The van der Waals surface area contributed by atoms with E-state index < -0.39 is 11.7 Å². The Morgan fingerprint density at radius 2 is 2.06 bits per heavy atom. The molecule has 8 heteroatoms. The van der Waals surface area contributed by atoms with E-state index in [1.54, 1.807) is 6.07 Å². The number of nitrogens with zero attached hydrogens (tertiary/aromatic N) is 1. The van der Waals surface area contributed by atoms with Crippen molar-refractivity contribution in [3.63, 3.8) is 0 Å². The summed E-state index contributed by atoms with van der Waals surface area (Å²) in [6.07, 6.45) is -4.40. The molecule has 16 heavy (non-hydrogen) atoms. The van der Waals surface area contributed by atoms with Crippen molar-refractivity contribution >= 4 is 49.3 Å². The fourth-order valence-corrected chi connectivity index (χ4v) is 2.95. The molecule has 0 atom stereocenters. The van der Waals surface area contributed by atoms with Crippen molar-refractivity contribution in [1.29, 1.82) is 0 Å². The number of fused-ring (bicyclic) bond motifs is 1. The van der Waals surface area contributed by atoms with Gasteiger partial charge in [0.1, 0.15) is 0 Å². The third-order valence-electron chi connectivity index (χ3n) is 1.89. The Balaban J connectivity index is 2.76. The molecule has 86 valence electrons. The summed E-state index contributed by atoms with van der Waals surface area (Å²) >= 11 is 2.93. The van der Waals surface area contributed by atoms with Crippen LogP contribution in [0.3, 0.4) is 0 Å². The van der Waals surface area contributed by atoms with E-state index in [0.717, 1.165) is 17.4 Å². The molecule has 0 aliphatic carbocycles. The van der Waals surface area contributed by atoms with Gasteiger partial charge in [-0.3, -0.25) is 5.43 Å². The lowest BCUT2D eigenvalue weighted by Gasteiger charge is -2.07. The van der Waals surface area contributed by atoms with Crippen LogP contribution in [-0.4, -0.2) is 4.98 Å². The number of alkyl halides is 3. The van der Waals surface area contributed by atoms with Gasteiger partial charge in [0.15, 0.2) is 5.13 Å². The van der Waals surface area contributed by atoms with Gasteiger partial charge in [0.05, 0.1) is 15.8 Å². The van der Waals surface area contributed by atoms with Gasteiger partial charge in [-0.15, -0.1) is 0 Å². The number of benzene rings is 1. The van der Waals surface area contributed by atoms with E-state index in [0.29, 0.717) is 8.27 Å². The van der Waals surface area contributed by atoms with Crippen molar-refractivity contribution in [3.05, 3.63) is 21.3 Å². The van der Waals surface area contributed by atoms with Gasteiger partial charge in [-0.2, -0.15) is 13.2 Å². The summed E-state index contributed by atoms with van der Waals surface area (Å²) in [7, 11) is 0. The van der Waals surface area contributed by atoms with Crippen molar-refractivity contribution in [2.45, 2.75) is 6.18 Å². The molecule has 2 aromatic rings. The molecule has 3 nitrogen and oxygen atoms in total. The van der Waals surface area contributed by atoms with Gasteiger partial charge in [-0.05, 0) is 34.7 Å². The zero-order chi connectivity index (χ0) is 11.9. The largest absolute Gasteiger partial charge is 0.418 e. The highest BCUT2D eigenvalue weighted by Gasteiger charge is 2.34. The highest BCUT2D eigenvalue weighted by atomic mass is 127. The summed E-state index contributed by atoms with van der Waals surface area (Å²) in [6.45, 7) is 0. The number of nitrogens with two attached hydrogens (primary N) is 1.